The smallest absolute Gasteiger partial charge is 0.377 e. The van der Waals surface area contributed by atoms with Crippen LogP contribution in [-0.2, 0) is 10.9 Å². The van der Waals surface area contributed by atoms with Crippen LogP contribution in [0.15, 0.2) is 18.2 Å². The van der Waals surface area contributed by atoms with E-state index in [9.17, 15) is 28.1 Å². The van der Waals surface area contributed by atoms with Crippen molar-refractivity contribution in [3.05, 3.63) is 39.4 Å². The molecule has 0 N–H and O–H groups in total. The van der Waals surface area contributed by atoms with Gasteiger partial charge >= 0.3 is 6.18 Å². The molecule has 1 aromatic rings. The van der Waals surface area contributed by atoms with Crippen LogP contribution in [0.3, 0.4) is 0 Å². The summed E-state index contributed by atoms with van der Waals surface area (Å²) >= 11 is 0. The van der Waals surface area contributed by atoms with E-state index < -0.39 is 28.3 Å². The summed E-state index contributed by atoms with van der Waals surface area (Å²) < 4.78 is 43.4. The van der Waals surface area contributed by atoms with E-state index in [0.717, 1.165) is 6.07 Å². The quantitative estimate of drug-likeness (QED) is 0.617. The fourth-order valence-corrected chi connectivity index (χ4v) is 2.58. The molecule has 0 spiro atoms. The van der Waals surface area contributed by atoms with Gasteiger partial charge in [-0.15, -0.1) is 0 Å². The van der Waals surface area contributed by atoms with Crippen LogP contribution < -0.4 is 0 Å². The summed E-state index contributed by atoms with van der Waals surface area (Å²) in [7, 11) is 0. The molecule has 2 atom stereocenters. The summed E-state index contributed by atoms with van der Waals surface area (Å²) in [4.78, 5) is 24.1. The molecule has 0 aliphatic carbocycles. The van der Waals surface area contributed by atoms with Crippen molar-refractivity contribution in [2.24, 2.45) is 0 Å². The Hall–Kier alpha value is -2.16. The highest BCUT2D eigenvalue weighted by Crippen LogP contribution is 2.34. The zero-order valence-electron chi connectivity index (χ0n) is 12.5. The predicted octanol–water partition coefficient (Wildman–Crippen LogP) is 2.86. The third kappa shape index (κ3) is 3.44. The number of morpholine rings is 1. The number of ether oxygens (including phenoxy) is 1. The summed E-state index contributed by atoms with van der Waals surface area (Å²) in [5, 5.41) is 11.1. The lowest BCUT2D eigenvalue weighted by molar-refractivity contribution is -0.385. The van der Waals surface area contributed by atoms with Crippen LogP contribution in [0.25, 0.3) is 0 Å². The summed E-state index contributed by atoms with van der Waals surface area (Å²) in [6.45, 7) is 3.96. The van der Waals surface area contributed by atoms with E-state index in [1.54, 1.807) is 13.8 Å². The Morgan fingerprint density at radius 1 is 1.30 bits per heavy atom. The molecule has 1 aromatic carbocycles. The lowest BCUT2D eigenvalue weighted by Crippen LogP contribution is -2.52. The molecule has 1 fully saturated rings. The first kappa shape index (κ1) is 17.2. The van der Waals surface area contributed by atoms with Gasteiger partial charge in [-0.1, -0.05) is 0 Å². The van der Waals surface area contributed by atoms with Gasteiger partial charge in [0, 0.05) is 6.07 Å². The van der Waals surface area contributed by atoms with Crippen LogP contribution in [0.4, 0.5) is 18.9 Å². The van der Waals surface area contributed by atoms with Crippen molar-refractivity contribution < 1.29 is 27.6 Å². The first-order valence-electron chi connectivity index (χ1n) is 6.89. The van der Waals surface area contributed by atoms with E-state index in [2.05, 4.69) is 0 Å². The molecule has 0 bridgehead atoms. The van der Waals surface area contributed by atoms with Gasteiger partial charge in [-0.05, 0) is 26.0 Å². The summed E-state index contributed by atoms with van der Waals surface area (Å²) in [6, 6.07) is 1.28. The molecule has 6 nitrogen and oxygen atoms in total. The maximum absolute atomic E-state index is 12.7. The van der Waals surface area contributed by atoms with Crippen LogP contribution in [0.5, 0.6) is 0 Å². The van der Waals surface area contributed by atoms with Gasteiger partial charge in [0.2, 0.25) is 0 Å². The second kappa shape index (κ2) is 6.15. The van der Waals surface area contributed by atoms with Gasteiger partial charge < -0.3 is 9.64 Å². The fourth-order valence-electron chi connectivity index (χ4n) is 2.58. The SMILES string of the molecule is C[C@H]1COC[C@H](C)N1C(=O)c1ccc(C(F)(F)F)cc1[N+](=O)[O-]. The Morgan fingerprint density at radius 2 is 1.87 bits per heavy atom. The number of amides is 1. The van der Waals surface area contributed by atoms with Crippen LogP contribution in [0, 0.1) is 10.1 Å². The first-order valence-corrected chi connectivity index (χ1v) is 6.89. The second-order valence-electron chi connectivity index (χ2n) is 5.43. The number of hydrogen-bond acceptors (Lipinski definition) is 4. The monoisotopic (exact) mass is 332 g/mol. The minimum Gasteiger partial charge on any atom is -0.377 e. The molecule has 1 amide bonds. The first-order chi connectivity index (χ1) is 10.6. The van der Waals surface area contributed by atoms with Crippen LogP contribution in [0.1, 0.15) is 29.8 Å². The van der Waals surface area contributed by atoms with E-state index >= 15 is 0 Å². The van der Waals surface area contributed by atoms with Gasteiger partial charge in [0.25, 0.3) is 11.6 Å². The number of benzene rings is 1. The molecule has 0 saturated carbocycles. The average Bonchev–Trinajstić information content (AvgIpc) is 2.45. The number of nitro groups is 1. The third-order valence-corrected chi connectivity index (χ3v) is 3.65. The number of nitro benzene ring substituents is 1. The number of hydrogen-bond donors (Lipinski definition) is 0. The van der Waals surface area contributed by atoms with Gasteiger partial charge in [0.05, 0.1) is 35.8 Å². The molecule has 0 unspecified atom stereocenters. The topological polar surface area (TPSA) is 72.7 Å². The number of rotatable bonds is 2. The highest BCUT2D eigenvalue weighted by molar-refractivity contribution is 5.98. The van der Waals surface area contributed by atoms with E-state index in [1.165, 1.54) is 4.90 Å². The summed E-state index contributed by atoms with van der Waals surface area (Å²) in [5.41, 5.74) is -2.37. The molecule has 0 radical (unpaired) electrons. The minimum absolute atomic E-state index is 0.268. The number of halogens is 3. The average molecular weight is 332 g/mol. The largest absolute Gasteiger partial charge is 0.416 e. The second-order valence-corrected chi connectivity index (χ2v) is 5.43. The lowest BCUT2D eigenvalue weighted by atomic mass is 10.0. The number of alkyl halides is 3. The Morgan fingerprint density at radius 3 is 2.35 bits per heavy atom. The molecule has 0 aromatic heterocycles. The van der Waals surface area contributed by atoms with E-state index in [0.29, 0.717) is 12.1 Å². The highest BCUT2D eigenvalue weighted by Gasteiger charge is 2.37. The van der Waals surface area contributed by atoms with Gasteiger partial charge in [-0.25, -0.2) is 0 Å². The maximum Gasteiger partial charge on any atom is 0.416 e. The van der Waals surface area contributed by atoms with Gasteiger partial charge in [-0.2, -0.15) is 13.2 Å². The molecule has 1 saturated heterocycles. The number of carbonyl (C=O) groups is 1. The standard InChI is InChI=1S/C14H15F3N2O4/c1-8-6-23-7-9(2)18(8)13(20)11-4-3-10(14(15,16)17)5-12(11)19(21)22/h3-5,8-9H,6-7H2,1-2H3/t8-,9-/m0/s1. The van der Waals surface area contributed by atoms with Crippen molar-refractivity contribution >= 4 is 11.6 Å². The van der Waals surface area contributed by atoms with Crippen molar-refractivity contribution in [1.82, 2.24) is 4.90 Å². The molecule has 126 valence electrons. The molecule has 1 heterocycles. The summed E-state index contributed by atoms with van der Waals surface area (Å²) in [6.07, 6.45) is -4.72. The molecule has 1 aliphatic rings. The molecule has 23 heavy (non-hydrogen) atoms. The Balaban J connectivity index is 2.46. The number of nitrogens with zero attached hydrogens (tertiary/aromatic N) is 2. The van der Waals surface area contributed by atoms with Crippen molar-refractivity contribution in [1.29, 1.82) is 0 Å². The molecular formula is C14H15F3N2O4. The van der Waals surface area contributed by atoms with Gasteiger partial charge in [0.15, 0.2) is 0 Å². The van der Waals surface area contributed by atoms with Crippen molar-refractivity contribution in [2.75, 3.05) is 13.2 Å². The zero-order valence-corrected chi connectivity index (χ0v) is 12.5. The fraction of sp³-hybridized carbons (Fsp3) is 0.500. The lowest BCUT2D eigenvalue weighted by Gasteiger charge is -2.38. The Kier molecular flexibility index (Phi) is 4.60. The zero-order chi connectivity index (χ0) is 17.4. The van der Waals surface area contributed by atoms with Gasteiger partial charge in [0.1, 0.15) is 5.56 Å². The Labute approximate surface area is 130 Å². The Bertz CT molecular complexity index is 623. The van der Waals surface area contributed by atoms with Gasteiger partial charge in [-0.3, -0.25) is 14.9 Å². The molecular weight excluding hydrogens is 317 g/mol. The van der Waals surface area contributed by atoms with Crippen molar-refractivity contribution in [3.8, 4) is 0 Å². The van der Waals surface area contributed by atoms with E-state index in [-0.39, 0.29) is 30.9 Å². The molecule has 9 heteroatoms. The van der Waals surface area contributed by atoms with Crippen LogP contribution in [-0.4, -0.2) is 41.0 Å². The van der Waals surface area contributed by atoms with E-state index in [1.807, 2.05) is 0 Å². The van der Waals surface area contributed by atoms with Crippen LogP contribution >= 0.6 is 0 Å². The van der Waals surface area contributed by atoms with Crippen molar-refractivity contribution in [3.63, 3.8) is 0 Å². The van der Waals surface area contributed by atoms with E-state index in [4.69, 9.17) is 4.74 Å². The highest BCUT2D eigenvalue weighted by atomic mass is 19.4. The number of carbonyl (C=O) groups excluding carboxylic acids is 1. The normalized spacial score (nSPS) is 22.0. The summed E-state index contributed by atoms with van der Waals surface area (Å²) in [5.74, 6) is -0.672. The molecule has 2 rings (SSSR count). The third-order valence-electron chi connectivity index (χ3n) is 3.65. The minimum atomic E-state index is -4.72. The maximum atomic E-state index is 12.7. The predicted molar refractivity (Wildman–Crippen MR) is 74.0 cm³/mol. The molecule has 1 aliphatic heterocycles. The van der Waals surface area contributed by atoms with Crippen molar-refractivity contribution in [2.45, 2.75) is 32.1 Å². The van der Waals surface area contributed by atoms with Crippen LogP contribution in [0.2, 0.25) is 0 Å².